The van der Waals surface area contributed by atoms with Crippen LogP contribution in [0.3, 0.4) is 0 Å². The first kappa shape index (κ1) is 12.5. The monoisotopic (exact) mass is 275 g/mol. The summed E-state index contributed by atoms with van der Waals surface area (Å²) in [5, 5.41) is 11.6. The van der Waals surface area contributed by atoms with E-state index in [2.05, 4.69) is 0 Å². The maximum absolute atomic E-state index is 9.87. The fourth-order valence-electron chi connectivity index (χ4n) is 1.63. The van der Waals surface area contributed by atoms with Crippen LogP contribution in [0.5, 0.6) is 5.75 Å². The van der Waals surface area contributed by atoms with Crippen molar-refractivity contribution in [2.75, 3.05) is 0 Å². The molecule has 0 fully saturated rings. The van der Waals surface area contributed by atoms with Crippen LogP contribution in [0.25, 0.3) is 16.5 Å². The summed E-state index contributed by atoms with van der Waals surface area (Å²) in [4.78, 5) is 0. The molecule has 2 aromatic rings. The fraction of sp³-hybridized carbons (Fsp3) is 0.167. The molecule has 0 amide bonds. The third-order valence-corrected chi connectivity index (χ3v) is 2.63. The fourth-order valence-corrected chi connectivity index (χ4v) is 1.63. The number of aromatic hydroxyl groups is 1. The Kier molecular flexibility index (Phi) is 3.74. The third kappa shape index (κ3) is 2.16. The quantitative estimate of drug-likeness (QED) is 0.779. The van der Waals surface area contributed by atoms with Crippen LogP contribution in [0.15, 0.2) is 24.3 Å². The van der Waals surface area contributed by atoms with Crippen molar-refractivity contribution in [2.45, 2.75) is 13.8 Å². The average molecular weight is 275 g/mol. The van der Waals surface area contributed by atoms with Gasteiger partial charge in [-0.1, -0.05) is 24.3 Å². The number of phenolic OH excluding ortho intramolecular Hbond substituents is 1. The minimum absolute atomic E-state index is 0. The number of nitrogens with one attached hydrogen (secondary N) is 1. The molecule has 0 atom stereocenters. The second-order valence-corrected chi connectivity index (χ2v) is 3.60. The second-order valence-electron chi connectivity index (χ2n) is 3.60. The first-order chi connectivity index (χ1) is 6.59. The van der Waals surface area contributed by atoms with Crippen LogP contribution in [0.4, 0.5) is 5.69 Å². The molecule has 0 aliphatic rings. The van der Waals surface area contributed by atoms with Crippen molar-refractivity contribution >= 4 is 16.5 Å². The molecule has 2 nitrogen and oxygen atoms in total. The van der Waals surface area contributed by atoms with Crippen LogP contribution in [0.1, 0.15) is 11.1 Å². The molecule has 0 aliphatic carbocycles. The maximum Gasteiger partial charge on any atom is 0.126 e. The van der Waals surface area contributed by atoms with E-state index < -0.39 is 0 Å². The predicted molar refractivity (Wildman–Crippen MR) is 59.1 cm³/mol. The summed E-state index contributed by atoms with van der Waals surface area (Å²) in [7, 11) is 0. The van der Waals surface area contributed by atoms with Gasteiger partial charge in [-0.05, 0) is 30.4 Å². The van der Waals surface area contributed by atoms with Crippen LogP contribution in [-0.4, -0.2) is 5.11 Å². The van der Waals surface area contributed by atoms with Crippen molar-refractivity contribution in [3.8, 4) is 5.75 Å². The molecule has 15 heavy (non-hydrogen) atoms. The Hall–Kier alpha value is -0.596. The number of fused-ring (bicyclic) bond motifs is 1. The van der Waals surface area contributed by atoms with Crippen molar-refractivity contribution in [1.29, 1.82) is 0 Å². The van der Waals surface area contributed by atoms with E-state index in [4.69, 9.17) is 5.73 Å². The van der Waals surface area contributed by atoms with Gasteiger partial charge in [0.25, 0.3) is 0 Å². The van der Waals surface area contributed by atoms with Crippen molar-refractivity contribution < 1.29 is 37.8 Å². The summed E-state index contributed by atoms with van der Waals surface area (Å²) >= 11 is 0. The Balaban J connectivity index is 0.00000112. The van der Waals surface area contributed by atoms with Crippen LogP contribution in [0.2, 0.25) is 0 Å². The number of benzene rings is 2. The Morgan fingerprint density at radius 2 is 1.80 bits per heavy atom. The molecular weight excluding hydrogens is 263 g/mol. The van der Waals surface area contributed by atoms with E-state index in [1.807, 2.05) is 19.9 Å². The van der Waals surface area contributed by atoms with Crippen LogP contribution in [-0.2, 0) is 32.7 Å². The number of hydrogen-bond acceptors (Lipinski definition) is 1. The van der Waals surface area contributed by atoms with E-state index in [1.165, 1.54) is 0 Å². The number of hydrogen-bond donors (Lipinski definition) is 1. The van der Waals surface area contributed by atoms with E-state index in [9.17, 15) is 5.11 Å². The minimum atomic E-state index is 0. The van der Waals surface area contributed by atoms with Gasteiger partial charge < -0.3 is 10.8 Å². The molecular formula is C12H12NOY-. The smallest absolute Gasteiger partial charge is 0.126 e. The van der Waals surface area contributed by atoms with E-state index in [1.54, 1.807) is 18.2 Å². The molecule has 1 radical (unpaired) electrons. The molecule has 2 aromatic carbocycles. The van der Waals surface area contributed by atoms with Gasteiger partial charge in [0.2, 0.25) is 0 Å². The van der Waals surface area contributed by atoms with Crippen molar-refractivity contribution in [2.24, 2.45) is 0 Å². The molecule has 0 aliphatic heterocycles. The van der Waals surface area contributed by atoms with Crippen molar-refractivity contribution in [3.05, 3.63) is 41.1 Å². The molecule has 0 aromatic heterocycles. The summed E-state index contributed by atoms with van der Waals surface area (Å²) in [6.45, 7) is 3.86. The summed E-state index contributed by atoms with van der Waals surface area (Å²) in [5.74, 6) is 0.333. The molecule has 0 spiro atoms. The zero-order chi connectivity index (χ0) is 10.3. The van der Waals surface area contributed by atoms with Crippen LogP contribution < -0.4 is 0 Å². The van der Waals surface area contributed by atoms with Gasteiger partial charge in [0.1, 0.15) is 5.75 Å². The maximum atomic E-state index is 9.87. The number of phenols is 1. The molecule has 0 unspecified atom stereocenters. The number of aryl methyl sites for hydroxylation is 1. The predicted octanol–water partition coefficient (Wildman–Crippen LogP) is 3.84. The molecule has 3 heteroatoms. The molecule has 75 valence electrons. The minimum Gasteiger partial charge on any atom is -0.699 e. The number of rotatable bonds is 0. The largest absolute Gasteiger partial charge is 0.699 e. The zero-order valence-electron chi connectivity index (χ0n) is 8.83. The first-order valence-corrected chi connectivity index (χ1v) is 4.54. The molecule has 0 bridgehead atoms. The molecule has 0 saturated carbocycles. The third-order valence-electron chi connectivity index (χ3n) is 2.63. The van der Waals surface area contributed by atoms with Gasteiger partial charge in [0.15, 0.2) is 0 Å². The summed E-state index contributed by atoms with van der Waals surface area (Å²) in [6.07, 6.45) is 0. The van der Waals surface area contributed by atoms with Gasteiger partial charge in [0, 0.05) is 38.1 Å². The Bertz CT molecular complexity index is 508. The Morgan fingerprint density at radius 1 is 1.13 bits per heavy atom. The van der Waals surface area contributed by atoms with Crippen LogP contribution in [0, 0.1) is 13.8 Å². The van der Waals surface area contributed by atoms with Crippen molar-refractivity contribution in [1.82, 2.24) is 0 Å². The SMILES string of the molecule is Cc1cc2cc([NH-])ccc2c(O)c1C.[Y]. The second kappa shape index (κ2) is 4.50. The van der Waals surface area contributed by atoms with E-state index in [0.29, 0.717) is 11.4 Å². The summed E-state index contributed by atoms with van der Waals surface area (Å²) < 4.78 is 0. The molecule has 0 saturated heterocycles. The topological polar surface area (TPSA) is 44.0 Å². The van der Waals surface area contributed by atoms with Gasteiger partial charge >= 0.3 is 0 Å². The van der Waals surface area contributed by atoms with Gasteiger partial charge in [0.05, 0.1) is 0 Å². The van der Waals surface area contributed by atoms with Gasteiger partial charge in [-0.25, -0.2) is 0 Å². The van der Waals surface area contributed by atoms with Crippen molar-refractivity contribution in [3.63, 3.8) is 0 Å². The summed E-state index contributed by atoms with van der Waals surface area (Å²) in [5.41, 5.74) is 9.93. The van der Waals surface area contributed by atoms with Gasteiger partial charge in [-0.2, -0.15) is 0 Å². The van der Waals surface area contributed by atoms with Gasteiger partial charge in [-0.3, -0.25) is 0 Å². The standard InChI is InChI=1S/C12H12NO.Y/c1-7-5-9-6-10(13)3-4-11(9)12(14)8(7)2;/h3-6,13-14H,1-2H3;/q-1;. The van der Waals surface area contributed by atoms with Crippen LogP contribution >= 0.6 is 0 Å². The normalized spacial score (nSPS) is 10.0. The molecule has 2 rings (SSSR count). The van der Waals surface area contributed by atoms with E-state index >= 15 is 0 Å². The molecule has 0 heterocycles. The Labute approximate surface area is 114 Å². The van der Waals surface area contributed by atoms with E-state index in [0.717, 1.165) is 21.9 Å². The average Bonchev–Trinajstić information content (AvgIpc) is 2.14. The van der Waals surface area contributed by atoms with Gasteiger partial charge in [-0.15, -0.1) is 5.69 Å². The first-order valence-electron chi connectivity index (χ1n) is 4.54. The Morgan fingerprint density at radius 3 is 2.47 bits per heavy atom. The zero-order valence-corrected chi connectivity index (χ0v) is 11.7. The van der Waals surface area contributed by atoms with E-state index in [-0.39, 0.29) is 32.7 Å². The summed E-state index contributed by atoms with van der Waals surface area (Å²) in [6, 6.07) is 7.25. The molecule has 2 N–H and O–H groups in total.